The minimum Gasteiger partial charge on any atom is -0.393 e. The van der Waals surface area contributed by atoms with Gasteiger partial charge >= 0.3 is 0 Å². The van der Waals surface area contributed by atoms with Crippen molar-refractivity contribution in [3.63, 3.8) is 0 Å². The van der Waals surface area contributed by atoms with E-state index in [1.807, 2.05) is 12.1 Å². The maximum absolute atomic E-state index is 9.84. The van der Waals surface area contributed by atoms with E-state index < -0.39 is 6.10 Å². The van der Waals surface area contributed by atoms with E-state index >= 15 is 0 Å². The van der Waals surface area contributed by atoms with Gasteiger partial charge in [-0.3, -0.25) is 4.98 Å². The number of hydrogen-bond donors (Lipinski definition) is 1. The molecule has 1 unspecified atom stereocenters. The Morgan fingerprint density at radius 3 is 2.76 bits per heavy atom. The molecule has 0 aliphatic carbocycles. The van der Waals surface area contributed by atoms with Crippen LogP contribution < -0.4 is 0 Å². The maximum Gasteiger partial charge on any atom is 0.177 e. The molecule has 0 aliphatic rings. The van der Waals surface area contributed by atoms with Gasteiger partial charge in [0, 0.05) is 18.8 Å². The van der Waals surface area contributed by atoms with E-state index in [1.54, 1.807) is 19.4 Å². The zero-order valence-electron chi connectivity index (χ0n) is 9.69. The average Bonchev–Trinajstić information content (AvgIpc) is 2.73. The van der Waals surface area contributed by atoms with E-state index in [-0.39, 0.29) is 0 Å². The van der Waals surface area contributed by atoms with Gasteiger partial charge in [0.2, 0.25) is 0 Å². The second-order valence-electron chi connectivity index (χ2n) is 3.95. The summed E-state index contributed by atoms with van der Waals surface area (Å²) in [4.78, 5) is 5.34. The van der Waals surface area contributed by atoms with Crippen LogP contribution in [0.1, 0.15) is 17.8 Å². The first kappa shape index (κ1) is 11.7. The molecule has 6 heteroatoms. The summed E-state index contributed by atoms with van der Waals surface area (Å²) in [6.07, 6.45) is 5.02. The van der Waals surface area contributed by atoms with E-state index in [0.29, 0.717) is 18.7 Å². The van der Waals surface area contributed by atoms with Crippen LogP contribution in [0.4, 0.5) is 0 Å². The minimum absolute atomic E-state index is 0.438. The van der Waals surface area contributed by atoms with E-state index in [2.05, 4.69) is 20.4 Å². The summed E-state index contributed by atoms with van der Waals surface area (Å²) < 4.78 is 0. The maximum atomic E-state index is 9.84. The van der Waals surface area contributed by atoms with Crippen molar-refractivity contribution in [2.24, 2.45) is 7.05 Å². The summed E-state index contributed by atoms with van der Waals surface area (Å²) in [7, 11) is 1.71. The number of aliphatic hydroxyl groups excluding tert-OH is 1. The molecule has 0 aromatic carbocycles. The molecule has 1 atom stereocenters. The van der Waals surface area contributed by atoms with Gasteiger partial charge in [-0.25, -0.2) is 0 Å². The van der Waals surface area contributed by atoms with Crippen LogP contribution >= 0.6 is 0 Å². The number of nitrogens with zero attached hydrogens (tertiary/aromatic N) is 5. The summed E-state index contributed by atoms with van der Waals surface area (Å²) in [5.41, 5.74) is 1.17. The first-order chi connectivity index (χ1) is 8.24. The first-order valence-electron chi connectivity index (χ1n) is 5.54. The Labute approximate surface area is 99.3 Å². The lowest BCUT2D eigenvalue weighted by Crippen LogP contribution is -2.13. The molecule has 2 heterocycles. The fourth-order valence-corrected chi connectivity index (χ4v) is 1.60. The Balaban J connectivity index is 1.80. The highest BCUT2D eigenvalue weighted by molar-refractivity contribution is 5.09. The van der Waals surface area contributed by atoms with Gasteiger partial charge in [-0.2, -0.15) is 4.80 Å². The summed E-state index contributed by atoms with van der Waals surface area (Å²) >= 11 is 0. The topological polar surface area (TPSA) is 76.7 Å². The van der Waals surface area contributed by atoms with Gasteiger partial charge in [-0.15, -0.1) is 10.2 Å². The molecule has 0 amide bonds. The monoisotopic (exact) mass is 233 g/mol. The third-order valence-electron chi connectivity index (χ3n) is 2.48. The number of rotatable bonds is 5. The number of pyridine rings is 1. The van der Waals surface area contributed by atoms with E-state index in [0.717, 1.165) is 6.42 Å². The Morgan fingerprint density at radius 2 is 2.12 bits per heavy atom. The summed E-state index contributed by atoms with van der Waals surface area (Å²) in [5.74, 6) is 0.578. The lowest BCUT2D eigenvalue weighted by atomic mass is 10.1. The number of tetrazole rings is 1. The van der Waals surface area contributed by atoms with Gasteiger partial charge in [0.25, 0.3) is 0 Å². The first-order valence-corrected chi connectivity index (χ1v) is 5.54. The molecule has 2 aromatic heterocycles. The van der Waals surface area contributed by atoms with Crippen molar-refractivity contribution < 1.29 is 5.11 Å². The standard InChI is InChI=1S/C11H15N5O/c1-16-14-11(13-15-16)8-10(17)3-2-9-4-6-12-7-5-9/h4-7,10,17H,2-3,8H2,1H3. The van der Waals surface area contributed by atoms with Gasteiger partial charge in [0.15, 0.2) is 5.82 Å². The number of hydrogen-bond acceptors (Lipinski definition) is 5. The predicted molar refractivity (Wildman–Crippen MR) is 61.1 cm³/mol. The van der Waals surface area contributed by atoms with Crippen LogP contribution in [0.5, 0.6) is 0 Å². The molecule has 2 aromatic rings. The molecule has 0 saturated carbocycles. The van der Waals surface area contributed by atoms with Crippen LogP contribution in [-0.2, 0) is 19.9 Å². The fourth-order valence-electron chi connectivity index (χ4n) is 1.60. The second kappa shape index (κ2) is 5.49. The zero-order valence-corrected chi connectivity index (χ0v) is 9.69. The third-order valence-corrected chi connectivity index (χ3v) is 2.48. The van der Waals surface area contributed by atoms with Crippen molar-refractivity contribution in [2.45, 2.75) is 25.4 Å². The predicted octanol–water partition coefficient (Wildman–Crippen LogP) is 0.141. The molecule has 0 bridgehead atoms. The van der Waals surface area contributed by atoms with Crippen molar-refractivity contribution >= 4 is 0 Å². The highest BCUT2D eigenvalue weighted by atomic mass is 16.3. The van der Waals surface area contributed by atoms with Crippen LogP contribution in [0.2, 0.25) is 0 Å². The molecule has 0 aliphatic heterocycles. The molecular formula is C11H15N5O. The minimum atomic E-state index is -0.438. The summed E-state index contributed by atoms with van der Waals surface area (Å²) in [5, 5.41) is 21.4. The van der Waals surface area contributed by atoms with E-state index in [1.165, 1.54) is 10.4 Å². The molecule has 90 valence electrons. The lowest BCUT2D eigenvalue weighted by Gasteiger charge is -2.07. The second-order valence-corrected chi connectivity index (χ2v) is 3.95. The van der Waals surface area contributed by atoms with Crippen molar-refractivity contribution in [2.75, 3.05) is 0 Å². The number of aromatic nitrogens is 5. The molecule has 0 spiro atoms. The Hall–Kier alpha value is -1.82. The SMILES string of the molecule is Cn1nnc(CC(O)CCc2ccncc2)n1. The van der Waals surface area contributed by atoms with Crippen LogP contribution in [0.3, 0.4) is 0 Å². The van der Waals surface area contributed by atoms with Crippen LogP contribution in [0.25, 0.3) is 0 Å². The summed E-state index contributed by atoms with van der Waals surface area (Å²) in [6.45, 7) is 0. The molecule has 17 heavy (non-hydrogen) atoms. The lowest BCUT2D eigenvalue weighted by molar-refractivity contribution is 0.162. The van der Waals surface area contributed by atoms with Gasteiger partial charge < -0.3 is 5.11 Å². The van der Waals surface area contributed by atoms with Crippen LogP contribution in [0, 0.1) is 0 Å². The molecular weight excluding hydrogens is 218 g/mol. The highest BCUT2D eigenvalue weighted by Crippen LogP contribution is 2.06. The van der Waals surface area contributed by atoms with Crippen molar-refractivity contribution in [1.82, 2.24) is 25.2 Å². The van der Waals surface area contributed by atoms with Crippen LogP contribution in [0.15, 0.2) is 24.5 Å². The highest BCUT2D eigenvalue weighted by Gasteiger charge is 2.09. The van der Waals surface area contributed by atoms with Crippen molar-refractivity contribution in [1.29, 1.82) is 0 Å². The number of aliphatic hydroxyl groups is 1. The molecule has 1 N–H and O–H groups in total. The molecule has 0 fully saturated rings. The van der Waals surface area contributed by atoms with E-state index in [9.17, 15) is 5.11 Å². The fraction of sp³-hybridized carbons (Fsp3) is 0.455. The zero-order chi connectivity index (χ0) is 12.1. The average molecular weight is 233 g/mol. The van der Waals surface area contributed by atoms with Gasteiger partial charge in [0.1, 0.15) is 0 Å². The molecule has 0 radical (unpaired) electrons. The Bertz CT molecular complexity index is 456. The van der Waals surface area contributed by atoms with Gasteiger partial charge in [-0.1, -0.05) is 0 Å². The number of aryl methyl sites for hydroxylation is 2. The van der Waals surface area contributed by atoms with E-state index in [4.69, 9.17) is 0 Å². The molecule has 2 rings (SSSR count). The molecule has 0 saturated heterocycles. The van der Waals surface area contributed by atoms with Gasteiger partial charge in [0.05, 0.1) is 13.2 Å². The smallest absolute Gasteiger partial charge is 0.177 e. The summed E-state index contributed by atoms with van der Waals surface area (Å²) in [6, 6.07) is 3.90. The van der Waals surface area contributed by atoms with Crippen molar-refractivity contribution in [3.8, 4) is 0 Å². The quantitative estimate of drug-likeness (QED) is 0.795. The van der Waals surface area contributed by atoms with Crippen molar-refractivity contribution in [3.05, 3.63) is 35.9 Å². The molecule has 6 nitrogen and oxygen atoms in total. The normalized spacial score (nSPS) is 12.6. The Kier molecular flexibility index (Phi) is 3.77. The third kappa shape index (κ3) is 3.60. The Morgan fingerprint density at radius 1 is 1.35 bits per heavy atom. The van der Waals surface area contributed by atoms with Gasteiger partial charge in [-0.05, 0) is 35.8 Å². The largest absolute Gasteiger partial charge is 0.393 e. The van der Waals surface area contributed by atoms with Crippen LogP contribution in [-0.4, -0.2) is 36.4 Å².